The molecule has 25 heavy (non-hydrogen) atoms. The Balaban J connectivity index is 1.68. The van der Waals surface area contributed by atoms with Gasteiger partial charge in [0.25, 0.3) is 5.91 Å². The van der Waals surface area contributed by atoms with Crippen molar-refractivity contribution in [3.8, 4) is 11.3 Å². The lowest BCUT2D eigenvalue weighted by atomic mass is 10.1. The predicted octanol–water partition coefficient (Wildman–Crippen LogP) is 4.35. The van der Waals surface area contributed by atoms with E-state index in [4.69, 9.17) is 9.05 Å². The zero-order valence-electron chi connectivity index (χ0n) is 13.7. The van der Waals surface area contributed by atoms with Crippen molar-refractivity contribution < 1.29 is 13.8 Å². The molecule has 4 rings (SSSR count). The molecule has 1 N–H and O–H groups in total. The summed E-state index contributed by atoms with van der Waals surface area (Å²) in [6, 6.07) is 15.2. The van der Waals surface area contributed by atoms with E-state index in [1.54, 1.807) is 0 Å². The van der Waals surface area contributed by atoms with Gasteiger partial charge in [-0.05, 0) is 36.3 Å². The quantitative estimate of drug-likeness (QED) is 0.603. The Kier molecular flexibility index (Phi) is 3.57. The maximum atomic E-state index is 12.7. The standard InChI is InChI=1S/C19H15N3O3/c1-11-8-9-15-14(10-11)12(2)17(24-15)19(23)20-18-16(21-25-22-18)13-6-4-3-5-7-13/h3-10H,1-2H3,(H,20,22,23). The van der Waals surface area contributed by atoms with Gasteiger partial charge in [-0.1, -0.05) is 42.0 Å². The van der Waals surface area contributed by atoms with Crippen LogP contribution in [0, 0.1) is 13.8 Å². The maximum absolute atomic E-state index is 12.7. The van der Waals surface area contributed by atoms with Crippen LogP contribution in [-0.2, 0) is 0 Å². The lowest BCUT2D eigenvalue weighted by molar-refractivity contribution is 0.0997. The molecule has 0 saturated heterocycles. The van der Waals surface area contributed by atoms with Crippen LogP contribution in [0.15, 0.2) is 57.6 Å². The average Bonchev–Trinajstić information content (AvgIpc) is 3.21. The van der Waals surface area contributed by atoms with Crippen molar-refractivity contribution in [3.05, 3.63) is 65.4 Å². The van der Waals surface area contributed by atoms with Gasteiger partial charge in [0, 0.05) is 16.5 Å². The van der Waals surface area contributed by atoms with Gasteiger partial charge < -0.3 is 4.42 Å². The smallest absolute Gasteiger partial charge is 0.292 e. The van der Waals surface area contributed by atoms with Crippen molar-refractivity contribution >= 4 is 22.7 Å². The first-order valence-electron chi connectivity index (χ1n) is 7.82. The van der Waals surface area contributed by atoms with E-state index in [-0.39, 0.29) is 17.5 Å². The summed E-state index contributed by atoms with van der Waals surface area (Å²) in [6.45, 7) is 3.86. The summed E-state index contributed by atoms with van der Waals surface area (Å²) in [5.74, 6) is 0.120. The molecule has 0 bridgehead atoms. The maximum Gasteiger partial charge on any atom is 0.292 e. The molecule has 6 heteroatoms. The number of nitrogens with one attached hydrogen (secondary N) is 1. The van der Waals surface area contributed by atoms with E-state index >= 15 is 0 Å². The van der Waals surface area contributed by atoms with Crippen LogP contribution in [0.25, 0.3) is 22.2 Å². The van der Waals surface area contributed by atoms with Crippen molar-refractivity contribution in [2.75, 3.05) is 5.32 Å². The third-order valence-electron chi connectivity index (χ3n) is 4.07. The number of aromatic nitrogens is 2. The van der Waals surface area contributed by atoms with Gasteiger partial charge in [0.05, 0.1) is 0 Å². The molecule has 2 aromatic heterocycles. The highest BCUT2D eigenvalue weighted by Gasteiger charge is 2.21. The number of benzene rings is 2. The minimum atomic E-state index is -0.390. The largest absolute Gasteiger partial charge is 0.451 e. The number of anilines is 1. The molecule has 0 aliphatic carbocycles. The van der Waals surface area contributed by atoms with Gasteiger partial charge in [0.1, 0.15) is 5.58 Å². The zero-order chi connectivity index (χ0) is 17.4. The number of amides is 1. The van der Waals surface area contributed by atoms with E-state index in [9.17, 15) is 4.79 Å². The summed E-state index contributed by atoms with van der Waals surface area (Å²) < 4.78 is 10.5. The fraction of sp³-hybridized carbons (Fsp3) is 0.105. The zero-order valence-corrected chi connectivity index (χ0v) is 13.7. The molecule has 0 spiro atoms. The summed E-state index contributed by atoms with van der Waals surface area (Å²) in [5, 5.41) is 11.3. The number of hydrogen-bond acceptors (Lipinski definition) is 5. The molecule has 124 valence electrons. The van der Waals surface area contributed by atoms with Crippen molar-refractivity contribution in [1.82, 2.24) is 10.3 Å². The second-order valence-electron chi connectivity index (χ2n) is 5.84. The van der Waals surface area contributed by atoms with Gasteiger partial charge >= 0.3 is 0 Å². The van der Waals surface area contributed by atoms with E-state index < -0.39 is 0 Å². The number of hydrogen-bond donors (Lipinski definition) is 1. The number of aryl methyl sites for hydroxylation is 2. The van der Waals surface area contributed by atoms with Crippen LogP contribution in [0.1, 0.15) is 21.7 Å². The molecule has 6 nitrogen and oxygen atoms in total. The Hall–Kier alpha value is -3.41. The minimum Gasteiger partial charge on any atom is -0.451 e. The molecule has 0 aliphatic rings. The first-order chi connectivity index (χ1) is 12.1. The molecular weight excluding hydrogens is 318 g/mol. The SMILES string of the molecule is Cc1ccc2oc(C(=O)Nc3nonc3-c3ccccc3)c(C)c2c1. The highest BCUT2D eigenvalue weighted by molar-refractivity contribution is 6.07. The van der Waals surface area contributed by atoms with Crippen molar-refractivity contribution in [1.29, 1.82) is 0 Å². The van der Waals surface area contributed by atoms with Gasteiger partial charge in [-0.3, -0.25) is 10.1 Å². The molecule has 1 amide bonds. The van der Waals surface area contributed by atoms with Crippen LogP contribution in [-0.4, -0.2) is 16.2 Å². The Morgan fingerprint density at radius 1 is 1.04 bits per heavy atom. The van der Waals surface area contributed by atoms with Gasteiger partial charge in [-0.15, -0.1) is 0 Å². The van der Waals surface area contributed by atoms with E-state index in [0.29, 0.717) is 11.3 Å². The molecule has 2 heterocycles. The van der Waals surface area contributed by atoms with E-state index in [0.717, 1.165) is 22.1 Å². The van der Waals surface area contributed by atoms with Crippen molar-refractivity contribution in [2.24, 2.45) is 0 Å². The predicted molar refractivity (Wildman–Crippen MR) is 93.4 cm³/mol. The third-order valence-corrected chi connectivity index (χ3v) is 4.07. The number of carbonyl (C=O) groups excluding carboxylic acids is 1. The summed E-state index contributed by atoms with van der Waals surface area (Å²) in [5.41, 5.74) is 3.84. The Morgan fingerprint density at radius 2 is 1.84 bits per heavy atom. The van der Waals surface area contributed by atoms with Crippen molar-refractivity contribution in [2.45, 2.75) is 13.8 Å². The Morgan fingerprint density at radius 3 is 2.64 bits per heavy atom. The van der Waals surface area contributed by atoms with Crippen LogP contribution in [0.5, 0.6) is 0 Å². The van der Waals surface area contributed by atoms with Crippen molar-refractivity contribution in [3.63, 3.8) is 0 Å². The topological polar surface area (TPSA) is 81.2 Å². The molecule has 0 aliphatic heterocycles. The summed E-state index contributed by atoms with van der Waals surface area (Å²) in [4.78, 5) is 12.7. The molecule has 4 aromatic rings. The fourth-order valence-electron chi connectivity index (χ4n) is 2.77. The molecule has 0 unspecified atom stereocenters. The number of fused-ring (bicyclic) bond motifs is 1. The third kappa shape index (κ3) is 2.67. The normalized spacial score (nSPS) is 11.0. The molecular formula is C19H15N3O3. The highest BCUT2D eigenvalue weighted by Crippen LogP contribution is 2.28. The fourth-order valence-corrected chi connectivity index (χ4v) is 2.77. The minimum absolute atomic E-state index is 0.252. The van der Waals surface area contributed by atoms with E-state index in [2.05, 4.69) is 15.6 Å². The van der Waals surface area contributed by atoms with Crippen LogP contribution in [0.2, 0.25) is 0 Å². The number of rotatable bonds is 3. The van der Waals surface area contributed by atoms with Crippen LogP contribution >= 0.6 is 0 Å². The number of furan rings is 1. The van der Waals surface area contributed by atoms with E-state index in [1.807, 2.05) is 62.4 Å². The second kappa shape index (κ2) is 5.90. The van der Waals surface area contributed by atoms with Gasteiger partial charge in [-0.2, -0.15) is 0 Å². The first-order valence-corrected chi connectivity index (χ1v) is 7.82. The van der Waals surface area contributed by atoms with E-state index in [1.165, 1.54) is 0 Å². The van der Waals surface area contributed by atoms with Gasteiger partial charge in [0.15, 0.2) is 11.5 Å². The Labute approximate surface area is 143 Å². The highest BCUT2D eigenvalue weighted by atomic mass is 16.6. The summed E-state index contributed by atoms with van der Waals surface area (Å²) >= 11 is 0. The monoisotopic (exact) mass is 333 g/mol. The molecule has 0 fully saturated rings. The molecule has 2 aromatic carbocycles. The number of carbonyl (C=O) groups is 1. The van der Waals surface area contributed by atoms with Crippen LogP contribution in [0.4, 0.5) is 5.82 Å². The second-order valence-corrected chi connectivity index (χ2v) is 5.84. The van der Waals surface area contributed by atoms with Gasteiger partial charge in [0.2, 0.25) is 5.82 Å². The molecule has 0 atom stereocenters. The first kappa shape index (κ1) is 15.1. The van der Waals surface area contributed by atoms with Crippen LogP contribution in [0.3, 0.4) is 0 Å². The molecule has 0 saturated carbocycles. The van der Waals surface area contributed by atoms with Crippen LogP contribution < -0.4 is 5.32 Å². The molecule has 0 radical (unpaired) electrons. The Bertz CT molecular complexity index is 1060. The summed E-state index contributed by atoms with van der Waals surface area (Å²) in [7, 11) is 0. The lowest BCUT2D eigenvalue weighted by Crippen LogP contribution is -2.13. The summed E-state index contributed by atoms with van der Waals surface area (Å²) in [6.07, 6.45) is 0. The average molecular weight is 333 g/mol. The number of nitrogens with zero attached hydrogens (tertiary/aromatic N) is 2. The van der Waals surface area contributed by atoms with Gasteiger partial charge in [-0.25, -0.2) is 4.63 Å². The lowest BCUT2D eigenvalue weighted by Gasteiger charge is -2.02.